The molecule has 27 heavy (non-hydrogen) atoms. The molecule has 142 valence electrons. The van der Waals surface area contributed by atoms with Crippen LogP contribution in [0, 0.1) is 0 Å². The minimum atomic E-state index is -0.301. The molecular weight excluding hydrogens is 339 g/mol. The van der Waals surface area contributed by atoms with Gasteiger partial charge in [0.05, 0.1) is 11.2 Å². The van der Waals surface area contributed by atoms with Crippen LogP contribution in [0.15, 0.2) is 36.7 Å². The molecule has 0 N–H and O–H groups in total. The average molecular weight is 366 g/mol. The van der Waals surface area contributed by atoms with Gasteiger partial charge in [0, 0.05) is 36.4 Å². The summed E-state index contributed by atoms with van der Waals surface area (Å²) in [7, 11) is -0.180. The average Bonchev–Trinajstić information content (AvgIpc) is 2.88. The van der Waals surface area contributed by atoms with Crippen molar-refractivity contribution in [1.82, 2.24) is 9.88 Å². The fraction of sp³-hybridized carbons (Fsp3) is 0.524. The molecule has 1 aromatic heterocycles. The summed E-state index contributed by atoms with van der Waals surface area (Å²) in [5.74, 6) is 0.429. The zero-order valence-corrected chi connectivity index (χ0v) is 16.6. The molecule has 1 aromatic carbocycles. The van der Waals surface area contributed by atoms with Crippen molar-refractivity contribution in [2.24, 2.45) is 0 Å². The molecule has 4 rings (SSSR count). The third-order valence-corrected chi connectivity index (χ3v) is 6.37. The summed E-state index contributed by atoms with van der Waals surface area (Å²) in [6.07, 6.45) is 5.38. The minimum absolute atomic E-state index is 0.0982. The monoisotopic (exact) mass is 366 g/mol. The first kappa shape index (κ1) is 18.4. The van der Waals surface area contributed by atoms with E-state index >= 15 is 0 Å². The van der Waals surface area contributed by atoms with E-state index in [2.05, 4.69) is 32.7 Å². The number of pyridine rings is 1. The lowest BCUT2D eigenvalue weighted by Gasteiger charge is -2.33. The number of nitrogens with zero attached hydrogens (tertiary/aromatic N) is 2. The Morgan fingerprint density at radius 3 is 2.41 bits per heavy atom. The maximum atomic E-state index is 12.9. The summed E-state index contributed by atoms with van der Waals surface area (Å²) in [6, 6.07) is 7.76. The number of aromatic nitrogens is 1. The molecule has 2 aromatic rings. The largest absolute Gasteiger partial charge is 0.461 e. The fourth-order valence-electron chi connectivity index (χ4n) is 3.85. The number of rotatable bonds is 2. The van der Waals surface area contributed by atoms with Crippen molar-refractivity contribution in [2.75, 3.05) is 13.1 Å². The van der Waals surface area contributed by atoms with Crippen molar-refractivity contribution in [3.05, 3.63) is 42.2 Å². The Hall–Kier alpha value is -1.92. The van der Waals surface area contributed by atoms with E-state index < -0.39 is 0 Å². The first-order chi connectivity index (χ1) is 12.8. The van der Waals surface area contributed by atoms with E-state index in [9.17, 15) is 4.79 Å². The van der Waals surface area contributed by atoms with E-state index in [1.807, 2.05) is 35.4 Å². The van der Waals surface area contributed by atoms with Gasteiger partial charge in [-0.15, -0.1) is 0 Å². The van der Waals surface area contributed by atoms with Crippen LogP contribution in [-0.2, 0) is 9.31 Å². The van der Waals surface area contributed by atoms with E-state index in [0.717, 1.165) is 42.3 Å². The summed E-state index contributed by atoms with van der Waals surface area (Å²) < 4.78 is 12.4. The number of benzene rings is 1. The van der Waals surface area contributed by atoms with Gasteiger partial charge in [0.15, 0.2) is 0 Å². The highest BCUT2D eigenvalue weighted by molar-refractivity contribution is 6.47. The number of carbonyl (C=O) groups is 1. The molecule has 1 amide bonds. The molecule has 0 spiro atoms. The first-order valence-electron chi connectivity index (χ1n) is 9.75. The minimum Gasteiger partial charge on any atom is -0.403 e. The van der Waals surface area contributed by atoms with Crippen molar-refractivity contribution >= 4 is 23.8 Å². The number of hydrogen-bond donors (Lipinski definition) is 0. The maximum absolute atomic E-state index is 12.9. The SMILES string of the molecule is CC1(C)OB(C2CCN(C(=O)c3ccc4cnccc4c3)CC2)OC1(C)C. The third-order valence-electron chi connectivity index (χ3n) is 6.37. The highest BCUT2D eigenvalue weighted by Crippen LogP contribution is 2.42. The quantitative estimate of drug-likeness (QED) is 0.756. The molecule has 3 heterocycles. The molecule has 0 aliphatic carbocycles. The molecule has 2 saturated heterocycles. The summed E-state index contributed by atoms with van der Waals surface area (Å²) in [5.41, 5.74) is 0.137. The van der Waals surface area contributed by atoms with Crippen molar-refractivity contribution in [2.45, 2.75) is 57.6 Å². The number of hydrogen-bond acceptors (Lipinski definition) is 4. The van der Waals surface area contributed by atoms with E-state index in [-0.39, 0.29) is 24.2 Å². The van der Waals surface area contributed by atoms with Gasteiger partial charge >= 0.3 is 7.12 Å². The third kappa shape index (κ3) is 3.36. The predicted octanol–water partition coefficient (Wildman–Crippen LogP) is 3.93. The molecular formula is C21H27BN2O3. The van der Waals surface area contributed by atoms with E-state index in [1.54, 1.807) is 6.20 Å². The molecule has 0 saturated carbocycles. The molecule has 2 fully saturated rings. The van der Waals surface area contributed by atoms with Crippen LogP contribution < -0.4 is 0 Å². The lowest BCUT2D eigenvalue weighted by atomic mass is 9.66. The summed E-state index contributed by atoms with van der Waals surface area (Å²) in [6.45, 7) is 9.81. The standard InChI is InChI=1S/C21H27BN2O3/c1-20(2)21(3,4)27-22(26-20)18-8-11-24(12-9-18)19(25)16-5-6-17-14-23-10-7-15(17)13-16/h5-7,10,13-14,18H,8-9,11-12H2,1-4H3. The number of carbonyl (C=O) groups excluding carboxylic acids is 1. The molecule has 5 nitrogen and oxygen atoms in total. The van der Waals surface area contributed by atoms with Gasteiger partial charge in [-0.3, -0.25) is 9.78 Å². The van der Waals surface area contributed by atoms with Gasteiger partial charge < -0.3 is 14.2 Å². The van der Waals surface area contributed by atoms with Crippen molar-refractivity contribution in [1.29, 1.82) is 0 Å². The Balaban J connectivity index is 1.41. The van der Waals surface area contributed by atoms with Crippen LogP contribution in [0.1, 0.15) is 50.9 Å². The Kier molecular flexibility index (Phi) is 4.51. The normalized spacial score (nSPS) is 22.4. The molecule has 2 aliphatic heterocycles. The highest BCUT2D eigenvalue weighted by Gasteiger charge is 2.53. The molecule has 2 aliphatic rings. The highest BCUT2D eigenvalue weighted by atomic mass is 16.7. The zero-order chi connectivity index (χ0) is 19.2. The first-order valence-corrected chi connectivity index (χ1v) is 9.75. The van der Waals surface area contributed by atoms with Crippen molar-refractivity contribution in [3.63, 3.8) is 0 Å². The number of amides is 1. The van der Waals surface area contributed by atoms with Gasteiger partial charge in [0.25, 0.3) is 5.91 Å². The van der Waals surface area contributed by atoms with Gasteiger partial charge in [0.1, 0.15) is 0 Å². The maximum Gasteiger partial charge on any atom is 0.461 e. The van der Waals surface area contributed by atoms with Crippen LogP contribution in [0.4, 0.5) is 0 Å². The number of likely N-dealkylation sites (tertiary alicyclic amines) is 1. The topological polar surface area (TPSA) is 51.7 Å². The van der Waals surface area contributed by atoms with Crippen LogP contribution in [0.25, 0.3) is 10.8 Å². The Labute approximate surface area is 161 Å². The van der Waals surface area contributed by atoms with Crippen LogP contribution in [0.3, 0.4) is 0 Å². The Bertz CT molecular complexity index is 843. The number of piperidine rings is 1. The summed E-state index contributed by atoms with van der Waals surface area (Å²) in [4.78, 5) is 19.0. The van der Waals surface area contributed by atoms with Crippen molar-refractivity contribution < 1.29 is 14.1 Å². The molecule has 6 heteroatoms. The second-order valence-electron chi connectivity index (χ2n) is 8.69. The van der Waals surface area contributed by atoms with E-state index in [0.29, 0.717) is 5.82 Å². The van der Waals surface area contributed by atoms with E-state index in [1.165, 1.54) is 0 Å². The summed E-state index contributed by atoms with van der Waals surface area (Å²) >= 11 is 0. The molecule has 0 radical (unpaired) electrons. The van der Waals surface area contributed by atoms with Crippen LogP contribution in [0.5, 0.6) is 0 Å². The Morgan fingerprint density at radius 2 is 1.74 bits per heavy atom. The molecule has 0 atom stereocenters. The van der Waals surface area contributed by atoms with Gasteiger partial charge in [-0.2, -0.15) is 0 Å². The molecule has 0 bridgehead atoms. The predicted molar refractivity (Wildman–Crippen MR) is 107 cm³/mol. The van der Waals surface area contributed by atoms with E-state index in [4.69, 9.17) is 9.31 Å². The smallest absolute Gasteiger partial charge is 0.403 e. The van der Waals surface area contributed by atoms with Crippen LogP contribution >= 0.6 is 0 Å². The zero-order valence-electron chi connectivity index (χ0n) is 16.6. The lowest BCUT2D eigenvalue weighted by molar-refractivity contribution is 0.00578. The molecule has 0 unspecified atom stereocenters. The van der Waals surface area contributed by atoms with Gasteiger partial charge in [-0.1, -0.05) is 6.07 Å². The van der Waals surface area contributed by atoms with Gasteiger partial charge in [-0.25, -0.2) is 0 Å². The van der Waals surface area contributed by atoms with Crippen molar-refractivity contribution in [3.8, 4) is 0 Å². The van der Waals surface area contributed by atoms with Gasteiger partial charge in [-0.05, 0) is 69.9 Å². The van der Waals surface area contributed by atoms with Gasteiger partial charge in [0.2, 0.25) is 0 Å². The summed E-state index contributed by atoms with van der Waals surface area (Å²) in [5, 5.41) is 2.09. The lowest BCUT2D eigenvalue weighted by Crippen LogP contribution is -2.41. The van der Waals surface area contributed by atoms with Crippen LogP contribution in [0.2, 0.25) is 5.82 Å². The second kappa shape index (κ2) is 6.60. The van der Waals surface area contributed by atoms with Crippen LogP contribution in [-0.4, -0.2) is 47.2 Å². The Morgan fingerprint density at radius 1 is 1.07 bits per heavy atom. The number of fused-ring (bicyclic) bond motifs is 1. The second-order valence-corrected chi connectivity index (χ2v) is 8.69. The fourth-order valence-corrected chi connectivity index (χ4v) is 3.85.